The summed E-state index contributed by atoms with van der Waals surface area (Å²) in [5.41, 5.74) is 0.527. The molecule has 156 valence electrons. The Morgan fingerprint density at radius 1 is 1.07 bits per heavy atom. The Morgan fingerprint density at radius 3 is 2.30 bits per heavy atom. The number of carbonyl (C=O) groups excluding carboxylic acids is 2. The molecule has 0 radical (unpaired) electrons. The lowest BCUT2D eigenvalue weighted by molar-refractivity contribution is -0.138. The van der Waals surface area contributed by atoms with E-state index >= 15 is 0 Å². The van der Waals surface area contributed by atoms with Crippen LogP contribution < -0.4 is 4.90 Å². The van der Waals surface area contributed by atoms with E-state index < -0.39 is 23.6 Å². The van der Waals surface area contributed by atoms with Crippen molar-refractivity contribution in [1.29, 1.82) is 0 Å². The lowest BCUT2D eigenvalue weighted by atomic mass is 10.00. The highest BCUT2D eigenvalue weighted by Gasteiger charge is 2.39. The number of esters is 1. The second-order valence-corrected chi connectivity index (χ2v) is 6.80. The molecule has 7 heteroatoms. The van der Waals surface area contributed by atoms with Gasteiger partial charge in [0.2, 0.25) is 0 Å². The summed E-state index contributed by atoms with van der Waals surface area (Å²) >= 11 is 0. The number of hydrogen-bond donors (Lipinski definition) is 0. The van der Waals surface area contributed by atoms with Gasteiger partial charge in [0.15, 0.2) is 0 Å². The third-order valence-corrected chi connectivity index (χ3v) is 4.74. The van der Waals surface area contributed by atoms with Gasteiger partial charge >= 0.3 is 12.1 Å². The predicted molar refractivity (Wildman–Crippen MR) is 107 cm³/mol. The van der Waals surface area contributed by atoms with Gasteiger partial charge in [0.25, 0.3) is 5.91 Å². The minimum atomic E-state index is -4.60. The fourth-order valence-electron chi connectivity index (χ4n) is 3.32. The van der Waals surface area contributed by atoms with Crippen LogP contribution in [0.25, 0.3) is 6.08 Å². The molecule has 0 saturated heterocycles. The number of nitrogens with zero attached hydrogens (tertiary/aromatic N) is 1. The number of anilines is 1. The zero-order chi connectivity index (χ0) is 22.1. The molecule has 0 aromatic heterocycles. The van der Waals surface area contributed by atoms with Gasteiger partial charge in [-0.25, -0.2) is 4.79 Å². The Kier molecular flexibility index (Phi) is 5.82. The molecule has 0 unspecified atom stereocenters. The van der Waals surface area contributed by atoms with E-state index in [0.717, 1.165) is 17.7 Å². The van der Waals surface area contributed by atoms with Gasteiger partial charge in [-0.05, 0) is 50.6 Å². The van der Waals surface area contributed by atoms with E-state index in [-0.39, 0.29) is 23.3 Å². The fraction of sp³-hybridized carbons (Fsp3) is 0.217. The van der Waals surface area contributed by atoms with Crippen molar-refractivity contribution in [1.82, 2.24) is 0 Å². The van der Waals surface area contributed by atoms with E-state index in [1.54, 1.807) is 38.1 Å². The van der Waals surface area contributed by atoms with Gasteiger partial charge in [-0.15, -0.1) is 0 Å². The maximum atomic E-state index is 13.4. The Morgan fingerprint density at radius 2 is 1.70 bits per heavy atom. The number of rotatable bonds is 4. The van der Waals surface area contributed by atoms with Gasteiger partial charge in [-0.3, -0.25) is 9.69 Å². The van der Waals surface area contributed by atoms with Crippen LogP contribution in [-0.4, -0.2) is 18.5 Å². The van der Waals surface area contributed by atoms with Crippen molar-refractivity contribution in [2.45, 2.75) is 26.9 Å². The van der Waals surface area contributed by atoms with Crippen LogP contribution in [0.5, 0.6) is 0 Å². The second-order valence-electron chi connectivity index (χ2n) is 6.80. The predicted octanol–water partition coefficient (Wildman–Crippen LogP) is 5.28. The van der Waals surface area contributed by atoms with Crippen molar-refractivity contribution >= 4 is 23.6 Å². The van der Waals surface area contributed by atoms with Crippen LogP contribution in [0.1, 0.15) is 30.5 Å². The van der Waals surface area contributed by atoms with Crippen molar-refractivity contribution in [2.75, 3.05) is 11.5 Å². The van der Waals surface area contributed by atoms with Gasteiger partial charge in [-0.2, -0.15) is 13.2 Å². The van der Waals surface area contributed by atoms with Crippen molar-refractivity contribution in [2.24, 2.45) is 0 Å². The highest BCUT2D eigenvalue weighted by molar-refractivity contribution is 6.23. The Balaban J connectivity index is 2.18. The summed E-state index contributed by atoms with van der Waals surface area (Å²) in [7, 11) is 0. The maximum Gasteiger partial charge on any atom is 0.416 e. The molecule has 0 spiro atoms. The highest BCUT2D eigenvalue weighted by Crippen LogP contribution is 2.38. The van der Waals surface area contributed by atoms with Gasteiger partial charge in [0.05, 0.1) is 23.3 Å². The lowest BCUT2D eigenvalue weighted by Gasteiger charge is -2.18. The smallest absolute Gasteiger partial charge is 0.416 e. The molecule has 0 bridgehead atoms. The van der Waals surface area contributed by atoms with Crippen LogP contribution >= 0.6 is 0 Å². The molecular formula is C23H20F3NO3. The summed E-state index contributed by atoms with van der Waals surface area (Å²) < 4.78 is 45.3. The highest BCUT2D eigenvalue weighted by atomic mass is 19.4. The zero-order valence-corrected chi connectivity index (χ0v) is 16.7. The summed E-state index contributed by atoms with van der Waals surface area (Å²) in [4.78, 5) is 27.1. The molecule has 1 amide bonds. The molecule has 1 aliphatic heterocycles. The number of allylic oxidation sites excluding steroid dienone is 1. The normalized spacial score (nSPS) is 15.9. The Bertz CT molecular complexity index is 1050. The molecule has 2 aromatic rings. The number of halogens is 3. The molecule has 0 N–H and O–H groups in total. The summed E-state index contributed by atoms with van der Waals surface area (Å²) in [6.45, 7) is 5.15. The standard InChI is InChI=1S/C23H20F3NO3/c1-4-30-22(29)20-15(3)27(17-11-9-14(2)10-12-17)21(28)18(20)13-16-7-5-6-8-19(16)23(24,25)26/h5-13H,4H2,1-3H3/b18-13-. The molecule has 1 heterocycles. The summed E-state index contributed by atoms with van der Waals surface area (Å²) in [6, 6.07) is 12.0. The first-order chi connectivity index (χ1) is 14.1. The van der Waals surface area contributed by atoms with E-state index in [9.17, 15) is 22.8 Å². The lowest BCUT2D eigenvalue weighted by Crippen LogP contribution is -2.24. The molecule has 0 atom stereocenters. The molecule has 2 aromatic carbocycles. The number of carbonyl (C=O) groups is 2. The number of hydrogen-bond acceptors (Lipinski definition) is 3. The monoisotopic (exact) mass is 415 g/mol. The molecule has 4 nitrogen and oxygen atoms in total. The number of amides is 1. The van der Waals surface area contributed by atoms with Crippen LogP contribution in [0.3, 0.4) is 0 Å². The van der Waals surface area contributed by atoms with E-state index in [1.807, 2.05) is 6.92 Å². The average molecular weight is 415 g/mol. The summed E-state index contributed by atoms with van der Waals surface area (Å²) in [6.07, 6.45) is -3.50. The van der Waals surface area contributed by atoms with Crippen LogP contribution in [0.2, 0.25) is 0 Å². The van der Waals surface area contributed by atoms with E-state index in [0.29, 0.717) is 11.4 Å². The summed E-state index contributed by atoms with van der Waals surface area (Å²) in [5.74, 6) is -1.34. The minimum absolute atomic E-state index is 0.0422. The molecule has 0 fully saturated rings. The maximum absolute atomic E-state index is 13.4. The molecule has 30 heavy (non-hydrogen) atoms. The minimum Gasteiger partial charge on any atom is -0.462 e. The number of aryl methyl sites for hydroxylation is 1. The van der Waals surface area contributed by atoms with Crippen molar-refractivity contribution < 1.29 is 27.5 Å². The van der Waals surface area contributed by atoms with Crippen LogP contribution in [-0.2, 0) is 20.5 Å². The first-order valence-electron chi connectivity index (χ1n) is 9.32. The van der Waals surface area contributed by atoms with Crippen LogP contribution in [0.4, 0.5) is 18.9 Å². The summed E-state index contributed by atoms with van der Waals surface area (Å²) in [5, 5.41) is 0. The first kappa shape index (κ1) is 21.4. The number of benzene rings is 2. The Labute approximate surface area is 172 Å². The molecule has 1 aliphatic rings. The van der Waals surface area contributed by atoms with Crippen molar-refractivity contribution in [3.8, 4) is 0 Å². The molecule has 3 rings (SSSR count). The fourth-order valence-corrected chi connectivity index (χ4v) is 3.32. The van der Waals surface area contributed by atoms with E-state index in [4.69, 9.17) is 4.74 Å². The topological polar surface area (TPSA) is 46.6 Å². The largest absolute Gasteiger partial charge is 0.462 e. The van der Waals surface area contributed by atoms with Gasteiger partial charge in [0.1, 0.15) is 0 Å². The van der Waals surface area contributed by atoms with E-state index in [1.165, 1.54) is 23.1 Å². The van der Waals surface area contributed by atoms with Gasteiger partial charge in [-0.1, -0.05) is 35.9 Å². The second kappa shape index (κ2) is 8.18. The number of alkyl halides is 3. The van der Waals surface area contributed by atoms with Gasteiger partial charge < -0.3 is 4.74 Å². The van der Waals surface area contributed by atoms with Crippen LogP contribution in [0, 0.1) is 6.92 Å². The third kappa shape index (κ3) is 4.01. The quantitative estimate of drug-likeness (QED) is 0.504. The Hall–Kier alpha value is -3.35. The van der Waals surface area contributed by atoms with Crippen LogP contribution in [0.15, 0.2) is 65.4 Å². The van der Waals surface area contributed by atoms with Crippen molar-refractivity contribution in [3.05, 3.63) is 82.1 Å². The zero-order valence-electron chi connectivity index (χ0n) is 16.7. The average Bonchev–Trinajstić information content (AvgIpc) is 2.92. The first-order valence-corrected chi connectivity index (χ1v) is 9.32. The van der Waals surface area contributed by atoms with E-state index in [2.05, 4.69) is 0 Å². The number of ether oxygens (including phenoxy) is 1. The third-order valence-electron chi connectivity index (χ3n) is 4.74. The van der Waals surface area contributed by atoms with Crippen molar-refractivity contribution in [3.63, 3.8) is 0 Å². The SMILES string of the molecule is CCOC(=O)C1=C(C)N(c2ccc(C)cc2)C(=O)/C1=C\c1ccccc1C(F)(F)F. The van der Waals surface area contributed by atoms with Gasteiger partial charge in [0, 0.05) is 11.4 Å². The molecule has 0 saturated carbocycles. The molecule has 0 aliphatic carbocycles. The molecular weight excluding hydrogens is 395 g/mol.